The molecule has 0 atom stereocenters. The molecule has 1 amide bonds. The molecule has 0 aromatic heterocycles. The molecule has 0 unspecified atom stereocenters. The number of allylic oxidation sites excluding steroid dienone is 2. The summed E-state index contributed by atoms with van der Waals surface area (Å²) in [6.45, 7) is 1.94. The van der Waals surface area contributed by atoms with Crippen molar-refractivity contribution in [3.8, 4) is 0 Å². The quantitative estimate of drug-likeness (QED) is 0.545. The summed E-state index contributed by atoms with van der Waals surface area (Å²) in [5.41, 5.74) is 6.73. The summed E-state index contributed by atoms with van der Waals surface area (Å²) in [7, 11) is 0. The molecule has 1 aliphatic rings. The number of dihydropyridines is 1. The van der Waals surface area contributed by atoms with Crippen LogP contribution in [0.2, 0.25) is 0 Å². The molecule has 1 rings (SSSR count). The number of hydrogen-bond acceptors (Lipinski definition) is 2. The smallest absolute Gasteiger partial charge is 0.246 e. The van der Waals surface area contributed by atoms with Gasteiger partial charge in [0.2, 0.25) is 5.91 Å². The van der Waals surface area contributed by atoms with E-state index >= 15 is 0 Å². The van der Waals surface area contributed by atoms with Gasteiger partial charge in [-0.05, 0) is 13.3 Å². The van der Waals surface area contributed by atoms with Crippen LogP contribution in [-0.4, -0.2) is 5.91 Å². The summed E-state index contributed by atoms with van der Waals surface area (Å²) >= 11 is 0. The van der Waals surface area contributed by atoms with Gasteiger partial charge in [-0.25, -0.2) is 0 Å². The molecule has 10 heavy (non-hydrogen) atoms. The second-order valence-electron chi connectivity index (χ2n) is 2.27. The maximum Gasteiger partial charge on any atom is 0.246 e. The van der Waals surface area contributed by atoms with Gasteiger partial charge >= 0.3 is 0 Å². The monoisotopic (exact) mass is 138 g/mol. The van der Waals surface area contributed by atoms with Crippen LogP contribution < -0.4 is 11.1 Å². The summed E-state index contributed by atoms with van der Waals surface area (Å²) in [6.07, 6.45) is 4.23. The van der Waals surface area contributed by atoms with Crippen LogP contribution in [0.25, 0.3) is 0 Å². The largest absolute Gasteiger partial charge is 0.366 e. The highest BCUT2D eigenvalue weighted by atomic mass is 16.1. The lowest BCUT2D eigenvalue weighted by Crippen LogP contribution is -2.19. The Morgan fingerprint density at radius 3 is 2.90 bits per heavy atom. The van der Waals surface area contributed by atoms with Gasteiger partial charge in [-0.15, -0.1) is 0 Å². The van der Waals surface area contributed by atoms with Crippen molar-refractivity contribution in [3.63, 3.8) is 0 Å². The molecule has 3 N–H and O–H groups in total. The first-order valence-corrected chi connectivity index (χ1v) is 3.12. The molecule has 0 aliphatic carbocycles. The standard InChI is InChI=1S/C7H10N2O/c1-5-2-3-6(4-9-5)7(8)10/h2,4,9H,3H2,1H3,(H2,8,10). The highest BCUT2D eigenvalue weighted by Gasteiger charge is 2.05. The second-order valence-corrected chi connectivity index (χ2v) is 2.27. The van der Waals surface area contributed by atoms with E-state index in [-0.39, 0.29) is 5.91 Å². The molecule has 0 saturated carbocycles. The van der Waals surface area contributed by atoms with E-state index in [2.05, 4.69) is 5.32 Å². The third kappa shape index (κ3) is 1.37. The van der Waals surface area contributed by atoms with Crippen LogP contribution in [-0.2, 0) is 4.79 Å². The molecule has 0 saturated heterocycles. The average molecular weight is 138 g/mol. The Hall–Kier alpha value is -1.25. The molecule has 3 heteroatoms. The zero-order chi connectivity index (χ0) is 7.56. The number of rotatable bonds is 1. The highest BCUT2D eigenvalue weighted by molar-refractivity contribution is 5.92. The molecule has 0 aromatic carbocycles. The van der Waals surface area contributed by atoms with Crippen LogP contribution in [0.1, 0.15) is 13.3 Å². The van der Waals surface area contributed by atoms with E-state index in [1.807, 2.05) is 13.0 Å². The zero-order valence-corrected chi connectivity index (χ0v) is 5.85. The molecule has 0 spiro atoms. The number of primary amides is 1. The van der Waals surface area contributed by atoms with Crippen LogP contribution >= 0.6 is 0 Å². The summed E-state index contributed by atoms with van der Waals surface area (Å²) in [6, 6.07) is 0. The second kappa shape index (κ2) is 2.56. The van der Waals surface area contributed by atoms with Crippen molar-refractivity contribution in [2.75, 3.05) is 0 Å². The fourth-order valence-electron chi connectivity index (χ4n) is 0.754. The lowest BCUT2D eigenvalue weighted by molar-refractivity contribution is -0.114. The van der Waals surface area contributed by atoms with E-state index in [1.54, 1.807) is 6.20 Å². The Morgan fingerprint density at radius 2 is 2.50 bits per heavy atom. The van der Waals surface area contributed by atoms with E-state index in [0.29, 0.717) is 12.0 Å². The van der Waals surface area contributed by atoms with Crippen LogP contribution in [0.3, 0.4) is 0 Å². The van der Waals surface area contributed by atoms with Gasteiger partial charge in [0, 0.05) is 17.5 Å². The van der Waals surface area contributed by atoms with Crippen molar-refractivity contribution >= 4 is 5.91 Å². The molecule has 0 aromatic rings. The van der Waals surface area contributed by atoms with E-state index in [0.717, 1.165) is 5.70 Å². The molecule has 0 radical (unpaired) electrons. The fraction of sp³-hybridized carbons (Fsp3) is 0.286. The first-order valence-electron chi connectivity index (χ1n) is 3.12. The van der Waals surface area contributed by atoms with Crippen molar-refractivity contribution in [3.05, 3.63) is 23.5 Å². The molecule has 3 nitrogen and oxygen atoms in total. The lowest BCUT2D eigenvalue weighted by Gasteiger charge is -2.09. The number of amides is 1. The van der Waals surface area contributed by atoms with Crippen molar-refractivity contribution in [2.45, 2.75) is 13.3 Å². The van der Waals surface area contributed by atoms with E-state index in [4.69, 9.17) is 5.73 Å². The SMILES string of the molecule is CC1=CCC(C(N)=O)=CN1. The Labute approximate surface area is 59.6 Å². The van der Waals surface area contributed by atoms with E-state index < -0.39 is 0 Å². The summed E-state index contributed by atoms with van der Waals surface area (Å²) in [4.78, 5) is 10.5. The predicted molar refractivity (Wildman–Crippen MR) is 38.8 cm³/mol. The first kappa shape index (κ1) is 6.86. The first-order chi connectivity index (χ1) is 4.70. The van der Waals surface area contributed by atoms with Gasteiger partial charge in [0.05, 0.1) is 0 Å². The third-order valence-electron chi connectivity index (χ3n) is 1.42. The Balaban J connectivity index is 2.62. The van der Waals surface area contributed by atoms with Crippen LogP contribution in [0.4, 0.5) is 0 Å². The summed E-state index contributed by atoms with van der Waals surface area (Å²) < 4.78 is 0. The normalized spacial score (nSPS) is 16.9. The topological polar surface area (TPSA) is 55.1 Å². The van der Waals surface area contributed by atoms with E-state index in [9.17, 15) is 4.79 Å². The van der Waals surface area contributed by atoms with Gasteiger partial charge in [-0.2, -0.15) is 0 Å². The van der Waals surface area contributed by atoms with Crippen molar-refractivity contribution in [2.24, 2.45) is 5.73 Å². The van der Waals surface area contributed by atoms with Crippen LogP contribution in [0.15, 0.2) is 23.5 Å². The van der Waals surface area contributed by atoms with Gasteiger partial charge in [0.1, 0.15) is 0 Å². The fourth-order valence-corrected chi connectivity index (χ4v) is 0.754. The Bertz CT molecular complexity index is 216. The summed E-state index contributed by atoms with van der Waals surface area (Å²) in [5, 5.41) is 2.91. The molecular formula is C7H10N2O. The van der Waals surface area contributed by atoms with Crippen LogP contribution in [0, 0.1) is 0 Å². The van der Waals surface area contributed by atoms with Gasteiger partial charge < -0.3 is 11.1 Å². The number of nitrogens with two attached hydrogens (primary N) is 1. The number of nitrogens with one attached hydrogen (secondary N) is 1. The van der Waals surface area contributed by atoms with Gasteiger partial charge in [-0.1, -0.05) is 6.08 Å². The minimum atomic E-state index is -0.351. The third-order valence-corrected chi connectivity index (χ3v) is 1.42. The van der Waals surface area contributed by atoms with Crippen LogP contribution in [0.5, 0.6) is 0 Å². The molecule has 1 aliphatic heterocycles. The molecular weight excluding hydrogens is 128 g/mol. The lowest BCUT2D eigenvalue weighted by atomic mass is 10.1. The minimum absolute atomic E-state index is 0.351. The van der Waals surface area contributed by atoms with Gasteiger partial charge in [-0.3, -0.25) is 4.79 Å². The average Bonchev–Trinajstić information content (AvgIpc) is 1.88. The predicted octanol–water partition coefficient (Wildman–Crippen LogP) is 0.253. The maximum atomic E-state index is 10.5. The Kier molecular flexibility index (Phi) is 1.76. The molecule has 1 heterocycles. The number of hydrogen-bond donors (Lipinski definition) is 2. The Morgan fingerprint density at radius 1 is 1.80 bits per heavy atom. The molecule has 0 fully saturated rings. The molecule has 0 bridgehead atoms. The van der Waals surface area contributed by atoms with Gasteiger partial charge in [0.15, 0.2) is 0 Å². The molecule has 54 valence electrons. The van der Waals surface area contributed by atoms with Gasteiger partial charge in [0.25, 0.3) is 0 Å². The maximum absolute atomic E-state index is 10.5. The van der Waals surface area contributed by atoms with E-state index in [1.165, 1.54) is 0 Å². The zero-order valence-electron chi connectivity index (χ0n) is 5.85. The van der Waals surface area contributed by atoms with Crippen molar-refractivity contribution in [1.29, 1.82) is 0 Å². The number of carbonyl (C=O) groups excluding carboxylic acids is 1. The van der Waals surface area contributed by atoms with Crippen molar-refractivity contribution in [1.82, 2.24) is 5.32 Å². The number of carbonyl (C=O) groups is 1. The summed E-state index contributed by atoms with van der Waals surface area (Å²) in [5.74, 6) is -0.351. The van der Waals surface area contributed by atoms with Crippen molar-refractivity contribution < 1.29 is 4.79 Å². The minimum Gasteiger partial charge on any atom is -0.366 e. The highest BCUT2D eigenvalue weighted by Crippen LogP contribution is 2.07.